The standard InChI is InChI=1S/C29H23F4N7O4S/c1-15-7-9-18(10-8-15)45(42,43)44-14-29(32,33)28(2)21-23(34)36-25(37-24(21)38-27(28)41)22-19-11-17(30)12-35-26(19)40(39-22)13-16-5-3-4-6-20(16)31/h3-12H,13-14H2,1-2H3,(H3,34,36,37,38,41). The molecule has 2 aromatic carbocycles. The summed E-state index contributed by atoms with van der Waals surface area (Å²) in [6.07, 6.45) is 0.943. The Hall–Kier alpha value is -4.96. The smallest absolute Gasteiger partial charge is 0.297 e. The van der Waals surface area contributed by atoms with E-state index in [9.17, 15) is 22.0 Å². The van der Waals surface area contributed by atoms with Crippen molar-refractivity contribution >= 4 is 38.7 Å². The van der Waals surface area contributed by atoms with Gasteiger partial charge in [-0.3, -0.25) is 8.98 Å². The van der Waals surface area contributed by atoms with Crippen LogP contribution in [-0.2, 0) is 31.1 Å². The van der Waals surface area contributed by atoms with E-state index < -0.39 is 57.0 Å². The molecule has 232 valence electrons. The Morgan fingerprint density at radius 2 is 1.80 bits per heavy atom. The molecule has 45 heavy (non-hydrogen) atoms. The van der Waals surface area contributed by atoms with Crippen LogP contribution in [0.15, 0.2) is 65.7 Å². The molecule has 1 amide bonds. The number of hydrogen-bond acceptors (Lipinski definition) is 9. The van der Waals surface area contributed by atoms with Gasteiger partial charge in [-0.1, -0.05) is 35.9 Å². The van der Waals surface area contributed by atoms with Gasteiger partial charge in [0.15, 0.2) is 11.5 Å². The molecule has 11 nitrogen and oxygen atoms in total. The van der Waals surface area contributed by atoms with Crippen molar-refractivity contribution in [2.45, 2.75) is 36.6 Å². The van der Waals surface area contributed by atoms with Gasteiger partial charge in [-0.2, -0.15) is 13.5 Å². The minimum Gasteiger partial charge on any atom is -0.383 e. The highest BCUT2D eigenvalue weighted by atomic mass is 32.2. The van der Waals surface area contributed by atoms with E-state index in [-0.39, 0.29) is 45.4 Å². The summed E-state index contributed by atoms with van der Waals surface area (Å²) in [5.41, 5.74) is 3.99. The van der Waals surface area contributed by atoms with E-state index in [2.05, 4.69) is 25.4 Å². The predicted octanol–water partition coefficient (Wildman–Crippen LogP) is 4.36. The molecule has 0 fully saturated rings. The second-order valence-corrected chi connectivity index (χ2v) is 12.2. The van der Waals surface area contributed by atoms with Gasteiger partial charge < -0.3 is 11.1 Å². The number of benzene rings is 2. The van der Waals surface area contributed by atoms with Crippen LogP contribution >= 0.6 is 0 Å². The molecule has 0 saturated carbocycles. The van der Waals surface area contributed by atoms with Crippen molar-refractivity contribution < 1.29 is 35.0 Å². The number of nitrogens with two attached hydrogens (primary N) is 1. The lowest BCUT2D eigenvalue weighted by Crippen LogP contribution is -2.51. The highest BCUT2D eigenvalue weighted by Crippen LogP contribution is 2.50. The van der Waals surface area contributed by atoms with Gasteiger partial charge in [-0.15, -0.1) is 0 Å². The van der Waals surface area contributed by atoms with E-state index in [1.54, 1.807) is 13.0 Å². The molecule has 5 aromatic rings. The lowest BCUT2D eigenvalue weighted by Gasteiger charge is -2.31. The number of aryl methyl sites for hydroxylation is 1. The normalized spacial score (nSPS) is 16.6. The van der Waals surface area contributed by atoms with Gasteiger partial charge in [0.25, 0.3) is 16.0 Å². The first-order valence-electron chi connectivity index (χ1n) is 13.3. The number of rotatable bonds is 8. The number of nitrogen functional groups attached to an aromatic ring is 1. The number of amides is 1. The molecule has 0 saturated heterocycles. The minimum absolute atomic E-state index is 0.0648. The SMILES string of the molecule is Cc1ccc(S(=O)(=O)OCC(F)(F)C2(C)C(=O)Nc3nc(-c4nn(Cc5ccccc5F)c5ncc(F)cc45)nc(N)c32)cc1. The van der Waals surface area contributed by atoms with Gasteiger partial charge in [0.1, 0.15) is 41.0 Å². The van der Waals surface area contributed by atoms with Crippen molar-refractivity contribution in [3.05, 3.63) is 89.1 Å². The van der Waals surface area contributed by atoms with Crippen molar-refractivity contribution in [3.63, 3.8) is 0 Å². The number of pyridine rings is 1. The average molecular weight is 642 g/mol. The molecule has 1 aliphatic heterocycles. The van der Waals surface area contributed by atoms with Crippen LogP contribution in [-0.4, -0.2) is 51.6 Å². The maximum Gasteiger partial charge on any atom is 0.297 e. The van der Waals surface area contributed by atoms with Crippen molar-refractivity contribution in [1.82, 2.24) is 24.7 Å². The Labute approximate surface area is 253 Å². The zero-order chi connectivity index (χ0) is 32.3. The summed E-state index contributed by atoms with van der Waals surface area (Å²) in [4.78, 5) is 25.2. The zero-order valence-electron chi connectivity index (χ0n) is 23.6. The number of aromatic nitrogens is 5. The number of fused-ring (bicyclic) bond motifs is 2. The highest BCUT2D eigenvalue weighted by molar-refractivity contribution is 7.86. The quantitative estimate of drug-likeness (QED) is 0.186. The fourth-order valence-electron chi connectivity index (χ4n) is 5.03. The third kappa shape index (κ3) is 5.04. The van der Waals surface area contributed by atoms with Crippen LogP contribution in [0.5, 0.6) is 0 Å². The molecule has 1 unspecified atom stereocenters. The first-order chi connectivity index (χ1) is 21.2. The van der Waals surface area contributed by atoms with Crippen LogP contribution in [0.4, 0.5) is 29.2 Å². The molecule has 0 spiro atoms. The number of nitrogens with one attached hydrogen (secondary N) is 1. The Morgan fingerprint density at radius 3 is 2.51 bits per heavy atom. The van der Waals surface area contributed by atoms with E-state index in [1.165, 1.54) is 47.1 Å². The largest absolute Gasteiger partial charge is 0.383 e. The number of nitrogens with zero attached hydrogens (tertiary/aromatic N) is 5. The number of hydrogen-bond donors (Lipinski definition) is 2. The average Bonchev–Trinajstić information content (AvgIpc) is 3.47. The predicted molar refractivity (Wildman–Crippen MR) is 154 cm³/mol. The molecule has 0 aliphatic carbocycles. The fourth-order valence-corrected chi connectivity index (χ4v) is 5.94. The van der Waals surface area contributed by atoms with Gasteiger partial charge in [0.05, 0.1) is 28.6 Å². The number of alkyl halides is 2. The van der Waals surface area contributed by atoms with E-state index >= 15 is 8.78 Å². The third-order valence-electron chi connectivity index (χ3n) is 7.60. The Kier molecular flexibility index (Phi) is 7.08. The highest BCUT2D eigenvalue weighted by Gasteiger charge is 2.63. The van der Waals surface area contributed by atoms with Crippen LogP contribution in [0.2, 0.25) is 0 Å². The van der Waals surface area contributed by atoms with Gasteiger partial charge in [0, 0.05) is 5.56 Å². The van der Waals surface area contributed by atoms with Crippen molar-refractivity contribution in [2.75, 3.05) is 17.7 Å². The van der Waals surface area contributed by atoms with Crippen LogP contribution in [0, 0.1) is 18.6 Å². The Balaban J connectivity index is 1.37. The van der Waals surface area contributed by atoms with E-state index in [0.717, 1.165) is 24.8 Å². The summed E-state index contributed by atoms with van der Waals surface area (Å²) in [5, 5.41) is 6.77. The van der Waals surface area contributed by atoms with Gasteiger partial charge >= 0.3 is 0 Å². The molecular formula is C29H23F4N7O4S. The first-order valence-corrected chi connectivity index (χ1v) is 14.7. The molecule has 3 N–H and O–H groups in total. The van der Waals surface area contributed by atoms with Crippen LogP contribution in [0.1, 0.15) is 23.6 Å². The van der Waals surface area contributed by atoms with Gasteiger partial charge in [-0.05, 0) is 38.1 Å². The van der Waals surface area contributed by atoms with E-state index in [1.807, 2.05) is 0 Å². The summed E-state index contributed by atoms with van der Waals surface area (Å²) < 4.78 is 91.5. The summed E-state index contributed by atoms with van der Waals surface area (Å²) in [6, 6.07) is 12.4. The summed E-state index contributed by atoms with van der Waals surface area (Å²) in [5.74, 6) is -7.79. The molecule has 0 bridgehead atoms. The molecule has 1 aliphatic rings. The molecule has 0 radical (unpaired) electrons. The minimum atomic E-state index is -4.61. The molecule has 4 heterocycles. The number of halogens is 4. The molecule has 3 aromatic heterocycles. The van der Waals surface area contributed by atoms with Crippen molar-refractivity contribution in [3.8, 4) is 11.5 Å². The van der Waals surface area contributed by atoms with Crippen molar-refractivity contribution in [1.29, 1.82) is 0 Å². The molecular weight excluding hydrogens is 618 g/mol. The van der Waals surface area contributed by atoms with Crippen LogP contribution in [0.3, 0.4) is 0 Å². The number of carbonyl (C=O) groups is 1. The monoisotopic (exact) mass is 641 g/mol. The number of carbonyl (C=O) groups excluding carboxylic acids is 1. The zero-order valence-corrected chi connectivity index (χ0v) is 24.4. The topological polar surface area (TPSA) is 155 Å². The number of anilines is 2. The maximum atomic E-state index is 15.8. The summed E-state index contributed by atoms with van der Waals surface area (Å²) >= 11 is 0. The third-order valence-corrected chi connectivity index (χ3v) is 8.88. The summed E-state index contributed by atoms with van der Waals surface area (Å²) in [6.45, 7) is 0.793. The second-order valence-electron chi connectivity index (χ2n) is 10.6. The van der Waals surface area contributed by atoms with E-state index in [4.69, 9.17) is 9.92 Å². The first kappa shape index (κ1) is 30.1. The maximum absolute atomic E-state index is 15.8. The fraction of sp³-hybridized carbons (Fsp3) is 0.207. The Morgan fingerprint density at radius 1 is 1.09 bits per heavy atom. The second kappa shape index (κ2) is 10.6. The molecule has 16 heteroatoms. The lowest BCUT2D eigenvalue weighted by molar-refractivity contribution is -0.142. The summed E-state index contributed by atoms with van der Waals surface area (Å²) in [7, 11) is -4.61. The van der Waals surface area contributed by atoms with Crippen molar-refractivity contribution in [2.24, 2.45) is 0 Å². The van der Waals surface area contributed by atoms with Crippen LogP contribution < -0.4 is 11.1 Å². The Bertz CT molecular complexity index is 2110. The van der Waals surface area contributed by atoms with E-state index in [0.29, 0.717) is 0 Å². The van der Waals surface area contributed by atoms with Gasteiger partial charge in [-0.25, -0.2) is 37.2 Å². The van der Waals surface area contributed by atoms with Crippen LogP contribution in [0.25, 0.3) is 22.6 Å². The lowest BCUT2D eigenvalue weighted by atomic mass is 9.78. The molecule has 1 atom stereocenters. The molecule has 6 rings (SSSR count). The van der Waals surface area contributed by atoms with Gasteiger partial charge in [0.2, 0.25) is 5.91 Å².